The van der Waals surface area contributed by atoms with E-state index in [0.29, 0.717) is 16.9 Å². The molecule has 2 aromatic carbocycles. The number of nitriles is 1. The second kappa shape index (κ2) is 7.67. The lowest BCUT2D eigenvalue weighted by molar-refractivity contribution is -0.117. The predicted octanol–water partition coefficient (Wildman–Crippen LogP) is 3.04. The predicted molar refractivity (Wildman–Crippen MR) is 103 cm³/mol. The second-order valence-corrected chi connectivity index (χ2v) is 6.24. The van der Waals surface area contributed by atoms with Crippen LogP contribution in [0, 0.1) is 25.2 Å². The van der Waals surface area contributed by atoms with E-state index in [9.17, 15) is 9.59 Å². The Hall–Kier alpha value is -3.72. The Morgan fingerprint density at radius 2 is 1.93 bits per heavy atom. The van der Waals surface area contributed by atoms with E-state index < -0.39 is 5.91 Å². The van der Waals surface area contributed by atoms with Crippen LogP contribution in [0.1, 0.15) is 16.7 Å². The third-order valence-electron chi connectivity index (χ3n) is 4.15. The summed E-state index contributed by atoms with van der Waals surface area (Å²) in [5.74, 6) is -0.426. The van der Waals surface area contributed by atoms with Gasteiger partial charge in [-0.1, -0.05) is 29.8 Å². The maximum Gasteiger partial charge on any atom is 0.267 e. The number of hydrogen-bond acceptors (Lipinski definition) is 4. The van der Waals surface area contributed by atoms with Gasteiger partial charge in [-0.3, -0.25) is 9.59 Å². The Balaban J connectivity index is 1.87. The molecule has 0 unspecified atom stereocenters. The van der Waals surface area contributed by atoms with Crippen LogP contribution in [0.4, 0.5) is 5.69 Å². The molecule has 0 aliphatic carbocycles. The molecule has 1 amide bonds. The zero-order chi connectivity index (χ0) is 19.4. The van der Waals surface area contributed by atoms with Gasteiger partial charge < -0.3 is 5.32 Å². The summed E-state index contributed by atoms with van der Waals surface area (Å²) in [7, 11) is 0. The van der Waals surface area contributed by atoms with Crippen molar-refractivity contribution in [2.24, 2.45) is 0 Å². The molecule has 0 aliphatic rings. The van der Waals surface area contributed by atoms with Crippen molar-refractivity contribution in [1.82, 2.24) is 9.78 Å². The van der Waals surface area contributed by atoms with Crippen LogP contribution in [0.15, 0.2) is 59.4 Å². The lowest BCUT2D eigenvalue weighted by Crippen LogP contribution is -2.29. The maximum absolute atomic E-state index is 12.4. The Kier molecular flexibility index (Phi) is 5.13. The third-order valence-corrected chi connectivity index (χ3v) is 4.15. The first kappa shape index (κ1) is 18.1. The summed E-state index contributed by atoms with van der Waals surface area (Å²) in [6.07, 6.45) is 0. The molecule has 134 valence electrons. The van der Waals surface area contributed by atoms with Crippen molar-refractivity contribution >= 4 is 11.6 Å². The number of hydrogen-bond donors (Lipinski definition) is 1. The van der Waals surface area contributed by atoms with E-state index in [1.807, 2.05) is 38.1 Å². The fraction of sp³-hybridized carbons (Fsp3) is 0.143. The summed E-state index contributed by atoms with van der Waals surface area (Å²) < 4.78 is 1.13. The average molecular weight is 358 g/mol. The van der Waals surface area contributed by atoms with Gasteiger partial charge in [0.05, 0.1) is 16.9 Å². The topological polar surface area (TPSA) is 87.8 Å². The largest absolute Gasteiger partial charge is 0.323 e. The van der Waals surface area contributed by atoms with E-state index in [1.54, 1.807) is 30.3 Å². The SMILES string of the molecule is Cc1ccc(C)c(-c2ccc(=O)n(CC(=O)Nc3ccccc3C#N)n2)c1. The number of carbonyl (C=O) groups excluding carboxylic acids is 1. The molecule has 0 bridgehead atoms. The number of benzene rings is 2. The molecule has 0 aliphatic heterocycles. The van der Waals surface area contributed by atoms with E-state index in [0.717, 1.165) is 21.4 Å². The number of nitrogens with one attached hydrogen (secondary N) is 1. The van der Waals surface area contributed by atoms with E-state index in [1.165, 1.54) is 6.07 Å². The Labute approximate surface area is 156 Å². The lowest BCUT2D eigenvalue weighted by Gasteiger charge is -2.11. The molecule has 0 fully saturated rings. The van der Waals surface area contributed by atoms with Gasteiger partial charge in [-0.15, -0.1) is 0 Å². The van der Waals surface area contributed by atoms with Crippen molar-refractivity contribution in [2.45, 2.75) is 20.4 Å². The van der Waals surface area contributed by atoms with Crippen LogP contribution in [-0.2, 0) is 11.3 Å². The van der Waals surface area contributed by atoms with E-state index in [-0.39, 0.29) is 12.1 Å². The summed E-state index contributed by atoms with van der Waals surface area (Å²) in [5, 5.41) is 16.1. The highest BCUT2D eigenvalue weighted by Gasteiger charge is 2.11. The van der Waals surface area contributed by atoms with E-state index in [4.69, 9.17) is 5.26 Å². The van der Waals surface area contributed by atoms with Gasteiger partial charge in [0, 0.05) is 11.6 Å². The molecular formula is C21H18N4O2. The molecule has 27 heavy (non-hydrogen) atoms. The van der Waals surface area contributed by atoms with Gasteiger partial charge in [0.1, 0.15) is 12.6 Å². The number of aromatic nitrogens is 2. The quantitative estimate of drug-likeness (QED) is 0.776. The Morgan fingerprint density at radius 3 is 2.70 bits per heavy atom. The van der Waals surface area contributed by atoms with Crippen molar-refractivity contribution in [2.75, 3.05) is 5.32 Å². The van der Waals surface area contributed by atoms with Gasteiger partial charge >= 0.3 is 0 Å². The number of aryl methyl sites for hydroxylation is 2. The Morgan fingerprint density at radius 1 is 1.15 bits per heavy atom. The fourth-order valence-electron chi connectivity index (χ4n) is 2.73. The molecule has 6 nitrogen and oxygen atoms in total. The summed E-state index contributed by atoms with van der Waals surface area (Å²) in [6.45, 7) is 3.72. The Bertz CT molecular complexity index is 1110. The van der Waals surface area contributed by atoms with Crippen LogP contribution in [-0.4, -0.2) is 15.7 Å². The van der Waals surface area contributed by atoms with Crippen molar-refractivity contribution in [1.29, 1.82) is 5.26 Å². The van der Waals surface area contributed by atoms with Crippen LogP contribution in [0.25, 0.3) is 11.3 Å². The maximum atomic E-state index is 12.4. The van der Waals surface area contributed by atoms with Crippen LogP contribution < -0.4 is 10.9 Å². The molecule has 0 atom stereocenters. The minimum Gasteiger partial charge on any atom is -0.323 e. The van der Waals surface area contributed by atoms with Gasteiger partial charge in [0.25, 0.3) is 5.56 Å². The molecule has 1 aromatic heterocycles. The number of rotatable bonds is 4. The highest BCUT2D eigenvalue weighted by Crippen LogP contribution is 2.21. The van der Waals surface area contributed by atoms with E-state index >= 15 is 0 Å². The number of anilines is 1. The summed E-state index contributed by atoms with van der Waals surface area (Å²) >= 11 is 0. The molecular weight excluding hydrogens is 340 g/mol. The number of para-hydroxylation sites is 1. The van der Waals surface area contributed by atoms with Crippen LogP contribution in [0.3, 0.4) is 0 Å². The van der Waals surface area contributed by atoms with Gasteiger partial charge in [0.2, 0.25) is 5.91 Å². The lowest BCUT2D eigenvalue weighted by atomic mass is 10.0. The summed E-state index contributed by atoms with van der Waals surface area (Å²) in [5.41, 5.74) is 4.05. The second-order valence-electron chi connectivity index (χ2n) is 6.24. The number of carbonyl (C=O) groups is 1. The fourth-order valence-corrected chi connectivity index (χ4v) is 2.73. The molecule has 0 saturated heterocycles. The normalized spacial score (nSPS) is 10.3. The first-order valence-corrected chi connectivity index (χ1v) is 8.42. The van der Waals surface area contributed by atoms with Crippen LogP contribution >= 0.6 is 0 Å². The molecule has 3 aromatic rings. The number of nitrogens with zero attached hydrogens (tertiary/aromatic N) is 3. The monoisotopic (exact) mass is 358 g/mol. The van der Waals surface area contributed by atoms with Gasteiger partial charge in [-0.25, -0.2) is 4.68 Å². The highest BCUT2D eigenvalue weighted by molar-refractivity contribution is 5.91. The summed E-state index contributed by atoms with van der Waals surface area (Å²) in [6, 6.07) is 17.8. The molecule has 0 radical (unpaired) electrons. The first-order valence-electron chi connectivity index (χ1n) is 8.42. The van der Waals surface area contributed by atoms with Crippen molar-refractivity contribution in [3.63, 3.8) is 0 Å². The molecule has 0 spiro atoms. The smallest absolute Gasteiger partial charge is 0.267 e. The van der Waals surface area contributed by atoms with Crippen molar-refractivity contribution in [3.8, 4) is 17.3 Å². The zero-order valence-corrected chi connectivity index (χ0v) is 15.1. The van der Waals surface area contributed by atoms with Gasteiger partial charge in [-0.2, -0.15) is 10.4 Å². The minimum atomic E-state index is -0.426. The zero-order valence-electron chi connectivity index (χ0n) is 15.1. The van der Waals surface area contributed by atoms with Crippen LogP contribution in [0.2, 0.25) is 0 Å². The first-order chi connectivity index (χ1) is 13.0. The standard InChI is InChI=1S/C21H18N4O2/c1-14-7-8-15(2)17(11-14)19-9-10-21(27)25(24-19)13-20(26)23-18-6-4-3-5-16(18)12-22/h3-11H,13H2,1-2H3,(H,23,26). The summed E-state index contributed by atoms with van der Waals surface area (Å²) in [4.78, 5) is 24.5. The van der Waals surface area contributed by atoms with Crippen molar-refractivity contribution < 1.29 is 4.79 Å². The van der Waals surface area contributed by atoms with Crippen LogP contribution in [0.5, 0.6) is 0 Å². The minimum absolute atomic E-state index is 0.239. The van der Waals surface area contributed by atoms with Gasteiger partial charge in [0.15, 0.2) is 0 Å². The third kappa shape index (κ3) is 4.10. The van der Waals surface area contributed by atoms with Crippen molar-refractivity contribution in [3.05, 3.63) is 81.6 Å². The molecule has 1 N–H and O–H groups in total. The number of amides is 1. The molecule has 0 saturated carbocycles. The molecule has 3 rings (SSSR count). The molecule has 1 heterocycles. The van der Waals surface area contributed by atoms with Gasteiger partial charge in [-0.05, 0) is 43.7 Å². The highest BCUT2D eigenvalue weighted by atomic mass is 16.2. The van der Waals surface area contributed by atoms with E-state index in [2.05, 4.69) is 10.4 Å². The average Bonchev–Trinajstić information content (AvgIpc) is 2.66. The molecule has 6 heteroatoms.